The number of aliphatic hydroxyl groups is 1. The lowest BCUT2D eigenvalue weighted by Crippen LogP contribution is -2.40. The van der Waals surface area contributed by atoms with Gasteiger partial charge >= 0.3 is 5.97 Å². The fraction of sp³-hybridized carbons (Fsp3) is 0.438. The van der Waals surface area contributed by atoms with Crippen molar-refractivity contribution in [1.29, 1.82) is 0 Å². The van der Waals surface area contributed by atoms with Gasteiger partial charge in [0.1, 0.15) is 0 Å². The van der Waals surface area contributed by atoms with Crippen LogP contribution in [-0.2, 0) is 10.3 Å². The van der Waals surface area contributed by atoms with Crippen LogP contribution in [0.15, 0.2) is 37.0 Å². The zero-order valence-corrected chi connectivity index (χ0v) is 11.8. The highest BCUT2D eigenvalue weighted by atomic mass is 16.5. The molecule has 0 amide bonds. The molecule has 0 atom stereocenters. The van der Waals surface area contributed by atoms with Crippen molar-refractivity contribution >= 4 is 5.97 Å². The zero-order chi connectivity index (χ0) is 14.6. The maximum atomic E-state index is 11.6. The van der Waals surface area contributed by atoms with Gasteiger partial charge < -0.3 is 14.7 Å². The number of ether oxygens (including phenoxy) is 1. The molecule has 4 nitrogen and oxygen atoms in total. The highest BCUT2D eigenvalue weighted by Crippen LogP contribution is 2.32. The monoisotopic (exact) mass is 275 g/mol. The van der Waals surface area contributed by atoms with E-state index in [2.05, 4.69) is 11.5 Å². The number of hydrogen-bond acceptors (Lipinski definition) is 4. The summed E-state index contributed by atoms with van der Waals surface area (Å²) in [6, 6.07) is 7.06. The first-order valence-corrected chi connectivity index (χ1v) is 6.96. The van der Waals surface area contributed by atoms with E-state index in [9.17, 15) is 9.90 Å². The number of likely N-dealkylation sites (tertiary alicyclic amines) is 1. The average molecular weight is 275 g/mol. The van der Waals surface area contributed by atoms with E-state index in [-0.39, 0.29) is 5.97 Å². The van der Waals surface area contributed by atoms with Gasteiger partial charge in [0, 0.05) is 13.1 Å². The van der Waals surface area contributed by atoms with Gasteiger partial charge in [0.25, 0.3) is 0 Å². The molecule has 0 bridgehead atoms. The molecule has 1 heterocycles. The van der Waals surface area contributed by atoms with Crippen molar-refractivity contribution in [2.75, 3.05) is 19.7 Å². The molecule has 0 spiro atoms. The van der Waals surface area contributed by atoms with Crippen LogP contribution in [0.3, 0.4) is 0 Å². The fourth-order valence-corrected chi connectivity index (χ4v) is 2.50. The molecule has 1 N–H and O–H groups in total. The third-order valence-corrected chi connectivity index (χ3v) is 3.82. The molecular weight excluding hydrogens is 254 g/mol. The molecule has 4 heteroatoms. The molecule has 0 unspecified atom stereocenters. The number of carbonyl (C=O) groups is 1. The minimum atomic E-state index is -0.813. The van der Waals surface area contributed by atoms with Crippen LogP contribution in [0.25, 0.3) is 0 Å². The van der Waals surface area contributed by atoms with Crippen molar-refractivity contribution in [1.82, 2.24) is 4.90 Å². The van der Waals surface area contributed by atoms with Gasteiger partial charge in [0.15, 0.2) is 0 Å². The predicted octanol–water partition coefficient (Wildman–Crippen LogP) is 2.29. The van der Waals surface area contributed by atoms with E-state index >= 15 is 0 Å². The summed E-state index contributed by atoms with van der Waals surface area (Å²) in [5, 5.41) is 10.7. The second-order valence-corrected chi connectivity index (χ2v) is 5.05. The van der Waals surface area contributed by atoms with Crippen molar-refractivity contribution in [3.05, 3.63) is 48.2 Å². The Morgan fingerprint density at radius 2 is 2.00 bits per heavy atom. The van der Waals surface area contributed by atoms with Crippen LogP contribution in [0.2, 0.25) is 0 Å². The summed E-state index contributed by atoms with van der Waals surface area (Å²) in [6.45, 7) is 7.47. The number of benzene rings is 1. The highest BCUT2D eigenvalue weighted by molar-refractivity contribution is 5.89. The summed E-state index contributed by atoms with van der Waals surface area (Å²) in [7, 11) is 0. The summed E-state index contributed by atoms with van der Waals surface area (Å²) >= 11 is 0. The number of carbonyl (C=O) groups excluding carboxylic acids is 1. The van der Waals surface area contributed by atoms with E-state index in [1.54, 1.807) is 19.1 Å². The number of hydrogen-bond donors (Lipinski definition) is 1. The lowest BCUT2D eigenvalue weighted by molar-refractivity contribution is -0.0160. The lowest BCUT2D eigenvalue weighted by atomic mass is 9.84. The van der Waals surface area contributed by atoms with Crippen LogP contribution in [0.4, 0.5) is 0 Å². The van der Waals surface area contributed by atoms with Gasteiger partial charge in [-0.15, -0.1) is 0 Å². The van der Waals surface area contributed by atoms with Crippen molar-refractivity contribution in [2.24, 2.45) is 0 Å². The van der Waals surface area contributed by atoms with E-state index in [0.29, 0.717) is 25.0 Å². The van der Waals surface area contributed by atoms with Crippen LogP contribution in [-0.4, -0.2) is 35.7 Å². The van der Waals surface area contributed by atoms with Gasteiger partial charge in [-0.3, -0.25) is 0 Å². The number of nitrogens with zero attached hydrogens (tertiary/aromatic N) is 1. The Morgan fingerprint density at radius 1 is 1.40 bits per heavy atom. The van der Waals surface area contributed by atoms with Gasteiger partial charge in [0.05, 0.1) is 17.8 Å². The molecule has 0 radical (unpaired) electrons. The number of esters is 1. The van der Waals surface area contributed by atoms with Gasteiger partial charge in [0.2, 0.25) is 0 Å². The van der Waals surface area contributed by atoms with Crippen LogP contribution < -0.4 is 0 Å². The molecule has 1 aliphatic heterocycles. The molecule has 1 fully saturated rings. The zero-order valence-electron chi connectivity index (χ0n) is 11.8. The Labute approximate surface area is 119 Å². The standard InChI is InChI=1S/C16H21NO3/c1-3-17-11-9-16(19,10-12-17)14-7-5-13(6-8-14)15(18)20-4-2/h3,5-8,19H,1,4,9-12H2,2H3. The molecule has 2 rings (SSSR count). The van der Waals surface area contributed by atoms with Crippen molar-refractivity contribution in [3.63, 3.8) is 0 Å². The Hall–Kier alpha value is -1.81. The molecule has 20 heavy (non-hydrogen) atoms. The molecule has 108 valence electrons. The average Bonchev–Trinajstić information content (AvgIpc) is 2.48. The summed E-state index contributed by atoms with van der Waals surface area (Å²) < 4.78 is 4.95. The maximum absolute atomic E-state index is 11.6. The van der Waals surface area contributed by atoms with Gasteiger partial charge in [-0.2, -0.15) is 0 Å². The first-order chi connectivity index (χ1) is 9.59. The lowest BCUT2D eigenvalue weighted by Gasteiger charge is -2.38. The van der Waals surface area contributed by atoms with E-state index in [4.69, 9.17) is 4.74 Å². The normalized spacial score (nSPS) is 17.6. The first-order valence-electron chi connectivity index (χ1n) is 6.96. The molecule has 1 saturated heterocycles. The van der Waals surface area contributed by atoms with Crippen molar-refractivity contribution in [3.8, 4) is 0 Å². The first kappa shape index (κ1) is 14.6. The Balaban J connectivity index is 2.09. The topological polar surface area (TPSA) is 49.8 Å². The third-order valence-electron chi connectivity index (χ3n) is 3.82. The summed E-state index contributed by atoms with van der Waals surface area (Å²) in [5.41, 5.74) is 0.559. The van der Waals surface area contributed by atoms with Gasteiger partial charge in [-0.25, -0.2) is 4.79 Å². The van der Waals surface area contributed by atoms with E-state index < -0.39 is 5.60 Å². The molecule has 0 aromatic heterocycles. The molecule has 1 aliphatic rings. The second-order valence-electron chi connectivity index (χ2n) is 5.05. The minimum absolute atomic E-state index is 0.326. The molecule has 0 saturated carbocycles. The Morgan fingerprint density at radius 3 is 2.50 bits per heavy atom. The number of piperidine rings is 1. The Bertz CT molecular complexity index is 473. The van der Waals surface area contributed by atoms with Crippen LogP contribution in [0.5, 0.6) is 0 Å². The van der Waals surface area contributed by atoms with E-state index in [1.165, 1.54) is 0 Å². The SMILES string of the molecule is C=CN1CCC(O)(c2ccc(C(=O)OCC)cc2)CC1. The summed E-state index contributed by atoms with van der Waals surface area (Å²) in [6.07, 6.45) is 3.14. The molecular formula is C16H21NO3. The molecule has 1 aromatic carbocycles. The van der Waals surface area contributed by atoms with Crippen LogP contribution in [0.1, 0.15) is 35.7 Å². The summed E-state index contributed by atoms with van der Waals surface area (Å²) in [5.74, 6) is -0.326. The quantitative estimate of drug-likeness (QED) is 0.857. The van der Waals surface area contributed by atoms with Crippen molar-refractivity contribution < 1.29 is 14.6 Å². The maximum Gasteiger partial charge on any atom is 0.338 e. The highest BCUT2D eigenvalue weighted by Gasteiger charge is 2.33. The second kappa shape index (κ2) is 6.09. The smallest absolute Gasteiger partial charge is 0.338 e. The van der Waals surface area contributed by atoms with Crippen LogP contribution in [0, 0.1) is 0 Å². The third kappa shape index (κ3) is 3.02. The van der Waals surface area contributed by atoms with E-state index in [0.717, 1.165) is 18.7 Å². The van der Waals surface area contributed by atoms with Gasteiger partial charge in [-0.1, -0.05) is 18.7 Å². The minimum Gasteiger partial charge on any atom is -0.462 e. The largest absolute Gasteiger partial charge is 0.462 e. The number of rotatable bonds is 4. The van der Waals surface area contributed by atoms with Crippen LogP contribution >= 0.6 is 0 Å². The fourth-order valence-electron chi connectivity index (χ4n) is 2.50. The predicted molar refractivity (Wildman–Crippen MR) is 77.3 cm³/mol. The van der Waals surface area contributed by atoms with E-state index in [1.807, 2.05) is 18.3 Å². The van der Waals surface area contributed by atoms with Gasteiger partial charge in [-0.05, 0) is 43.7 Å². The molecule has 1 aromatic rings. The van der Waals surface area contributed by atoms with Crippen molar-refractivity contribution in [2.45, 2.75) is 25.4 Å². The Kier molecular flexibility index (Phi) is 4.45. The summed E-state index contributed by atoms with van der Waals surface area (Å²) in [4.78, 5) is 13.7. The molecule has 0 aliphatic carbocycles.